The highest BCUT2D eigenvalue weighted by Crippen LogP contribution is 2.37. The van der Waals surface area contributed by atoms with Gasteiger partial charge in [-0.15, -0.1) is 0 Å². The summed E-state index contributed by atoms with van der Waals surface area (Å²) in [4.78, 5) is 38.7. The molecule has 2 atom stereocenters. The number of benzene rings is 2. The molecule has 0 radical (unpaired) electrons. The number of rotatable bonds is 7. The van der Waals surface area contributed by atoms with Crippen molar-refractivity contribution in [3.05, 3.63) is 70.2 Å². The molecule has 140 valence electrons. The van der Waals surface area contributed by atoms with Crippen molar-refractivity contribution in [2.75, 3.05) is 6.54 Å². The molecule has 0 spiro atoms. The fourth-order valence-electron chi connectivity index (χ4n) is 3.66. The molecule has 1 amide bonds. The molecule has 4 nitrogen and oxygen atoms in total. The van der Waals surface area contributed by atoms with Crippen LogP contribution in [0.15, 0.2) is 59.1 Å². The van der Waals surface area contributed by atoms with E-state index < -0.39 is 23.7 Å². The Bertz CT molecular complexity index is 832. The van der Waals surface area contributed by atoms with E-state index in [0.29, 0.717) is 6.54 Å². The molecule has 1 heterocycles. The zero-order valence-electron chi connectivity index (χ0n) is 15.2. The van der Waals surface area contributed by atoms with Gasteiger partial charge in [-0.3, -0.25) is 14.4 Å². The van der Waals surface area contributed by atoms with Gasteiger partial charge in [0, 0.05) is 11.0 Å². The van der Waals surface area contributed by atoms with Crippen LogP contribution in [0.4, 0.5) is 0 Å². The van der Waals surface area contributed by atoms with E-state index in [4.69, 9.17) is 0 Å². The number of amides is 1. The van der Waals surface area contributed by atoms with Crippen LogP contribution in [-0.2, 0) is 20.8 Å². The second-order valence-electron chi connectivity index (χ2n) is 6.89. The van der Waals surface area contributed by atoms with Crippen LogP contribution in [0.2, 0.25) is 0 Å². The van der Waals surface area contributed by atoms with Gasteiger partial charge in [-0.2, -0.15) is 0 Å². The summed E-state index contributed by atoms with van der Waals surface area (Å²) in [5.74, 6) is -2.29. The molecule has 0 saturated carbocycles. The summed E-state index contributed by atoms with van der Waals surface area (Å²) >= 11 is 3.40. The van der Waals surface area contributed by atoms with Crippen LogP contribution in [0.5, 0.6) is 0 Å². The smallest absolute Gasteiger partial charge is 0.291 e. The molecule has 3 rings (SSSR count). The number of nitrogens with zero attached hydrogens (tertiary/aromatic N) is 1. The zero-order valence-corrected chi connectivity index (χ0v) is 16.8. The first-order valence-corrected chi connectivity index (χ1v) is 9.93. The number of ketones is 2. The number of carbonyl (C=O) groups excluding carboxylic acids is 3. The molecule has 1 fully saturated rings. The number of aryl methyl sites for hydroxylation is 1. The van der Waals surface area contributed by atoms with Crippen molar-refractivity contribution in [1.29, 1.82) is 0 Å². The third-order valence-corrected chi connectivity index (χ3v) is 5.54. The lowest BCUT2D eigenvalue weighted by Crippen LogP contribution is -2.31. The van der Waals surface area contributed by atoms with Crippen LogP contribution >= 0.6 is 15.9 Å². The first-order chi connectivity index (χ1) is 13.0. The van der Waals surface area contributed by atoms with Gasteiger partial charge in [-0.1, -0.05) is 58.4 Å². The van der Waals surface area contributed by atoms with E-state index in [2.05, 4.69) is 28.1 Å². The summed E-state index contributed by atoms with van der Waals surface area (Å²) in [6, 6.07) is 17.2. The monoisotopic (exact) mass is 427 g/mol. The molecule has 1 aliphatic heterocycles. The largest absolute Gasteiger partial charge is 0.328 e. The maximum absolute atomic E-state index is 12.5. The predicted octanol–water partition coefficient (Wildman–Crippen LogP) is 4.13. The van der Waals surface area contributed by atoms with Crippen LogP contribution in [0, 0.1) is 5.92 Å². The molecule has 1 saturated heterocycles. The van der Waals surface area contributed by atoms with Crippen LogP contribution in [0.3, 0.4) is 0 Å². The highest BCUT2D eigenvalue weighted by atomic mass is 79.9. The fourth-order valence-corrected chi connectivity index (χ4v) is 3.92. The lowest BCUT2D eigenvalue weighted by Gasteiger charge is -2.27. The summed E-state index contributed by atoms with van der Waals surface area (Å²) in [7, 11) is 0. The fraction of sp³-hybridized carbons (Fsp3) is 0.318. The van der Waals surface area contributed by atoms with Crippen molar-refractivity contribution in [3.8, 4) is 0 Å². The lowest BCUT2D eigenvalue weighted by molar-refractivity contribution is -0.142. The first-order valence-electron chi connectivity index (χ1n) is 9.13. The zero-order chi connectivity index (χ0) is 19.4. The van der Waals surface area contributed by atoms with Gasteiger partial charge in [0.1, 0.15) is 11.7 Å². The maximum Gasteiger partial charge on any atom is 0.291 e. The third kappa shape index (κ3) is 4.35. The molecular weight excluding hydrogens is 406 g/mol. The van der Waals surface area contributed by atoms with E-state index in [9.17, 15) is 14.4 Å². The number of hydrogen-bond donors (Lipinski definition) is 0. The molecule has 2 aromatic carbocycles. The first kappa shape index (κ1) is 19.5. The van der Waals surface area contributed by atoms with Crippen molar-refractivity contribution in [2.45, 2.75) is 32.2 Å². The maximum atomic E-state index is 12.5. The van der Waals surface area contributed by atoms with E-state index in [1.807, 2.05) is 42.5 Å². The Hall–Kier alpha value is -2.27. The van der Waals surface area contributed by atoms with Crippen molar-refractivity contribution >= 4 is 33.4 Å². The summed E-state index contributed by atoms with van der Waals surface area (Å²) in [5, 5.41) is 0. The topological polar surface area (TPSA) is 54.5 Å². The second-order valence-corrected chi connectivity index (χ2v) is 7.81. The molecule has 0 N–H and O–H groups in total. The number of unbranched alkanes of at least 4 members (excludes halogenated alkanes) is 1. The molecule has 0 bridgehead atoms. The lowest BCUT2D eigenvalue weighted by atomic mass is 9.90. The van der Waals surface area contributed by atoms with Gasteiger partial charge >= 0.3 is 0 Å². The number of Topliss-reactive ketones (excluding diaryl/α,β-unsaturated/α-hetero) is 2. The summed E-state index contributed by atoms with van der Waals surface area (Å²) in [6.07, 6.45) is 2.63. The quantitative estimate of drug-likeness (QED) is 0.379. The standard InChI is InChI=1S/C22H22BrNO3/c1-15(25)19-20(17-10-12-18(23)13-11-17)24(22(27)21(19)26)14-6-5-9-16-7-3-2-4-8-16/h2-4,7-8,10-13,19-20H,5-6,9,14H2,1H3. The summed E-state index contributed by atoms with van der Waals surface area (Å²) in [5.41, 5.74) is 2.08. The average molecular weight is 428 g/mol. The number of likely N-dealkylation sites (tertiary alicyclic amines) is 1. The molecule has 1 aliphatic rings. The Labute approximate surface area is 167 Å². The average Bonchev–Trinajstić information content (AvgIpc) is 2.91. The number of carbonyl (C=O) groups is 3. The Morgan fingerprint density at radius 2 is 1.67 bits per heavy atom. The van der Waals surface area contributed by atoms with Crippen LogP contribution in [-0.4, -0.2) is 28.9 Å². The van der Waals surface area contributed by atoms with Gasteiger partial charge in [0.25, 0.3) is 5.91 Å². The van der Waals surface area contributed by atoms with E-state index in [-0.39, 0.29) is 5.78 Å². The summed E-state index contributed by atoms with van der Waals surface area (Å²) < 4.78 is 0.913. The molecular formula is C22H22BrNO3. The van der Waals surface area contributed by atoms with Crippen molar-refractivity contribution in [3.63, 3.8) is 0 Å². The Balaban J connectivity index is 1.74. The second kappa shape index (κ2) is 8.61. The molecule has 2 aromatic rings. The van der Waals surface area contributed by atoms with Crippen LogP contribution in [0.25, 0.3) is 0 Å². The van der Waals surface area contributed by atoms with Crippen molar-refractivity contribution < 1.29 is 14.4 Å². The predicted molar refractivity (Wildman–Crippen MR) is 107 cm³/mol. The van der Waals surface area contributed by atoms with Gasteiger partial charge < -0.3 is 4.90 Å². The van der Waals surface area contributed by atoms with Crippen molar-refractivity contribution in [2.24, 2.45) is 5.92 Å². The number of hydrogen-bond acceptors (Lipinski definition) is 3. The normalized spacial score (nSPS) is 19.6. The van der Waals surface area contributed by atoms with Gasteiger partial charge in [0.2, 0.25) is 5.78 Å². The van der Waals surface area contributed by atoms with Gasteiger partial charge in [-0.25, -0.2) is 0 Å². The van der Waals surface area contributed by atoms with Crippen molar-refractivity contribution in [1.82, 2.24) is 4.90 Å². The van der Waals surface area contributed by atoms with E-state index in [0.717, 1.165) is 29.3 Å². The highest BCUT2D eigenvalue weighted by Gasteiger charge is 2.49. The Morgan fingerprint density at radius 3 is 2.30 bits per heavy atom. The minimum atomic E-state index is -0.909. The SMILES string of the molecule is CC(=O)C1C(=O)C(=O)N(CCCCc2ccccc2)C1c1ccc(Br)cc1. The highest BCUT2D eigenvalue weighted by molar-refractivity contribution is 9.10. The van der Waals surface area contributed by atoms with Crippen LogP contribution in [0.1, 0.15) is 36.9 Å². The Morgan fingerprint density at radius 1 is 1.00 bits per heavy atom. The van der Waals surface area contributed by atoms with E-state index in [1.54, 1.807) is 4.90 Å². The Kier molecular flexibility index (Phi) is 6.22. The van der Waals surface area contributed by atoms with Gasteiger partial charge in [0.05, 0.1) is 6.04 Å². The van der Waals surface area contributed by atoms with Gasteiger partial charge in [0.15, 0.2) is 0 Å². The number of halogens is 1. The molecule has 0 aromatic heterocycles. The molecule has 2 unspecified atom stereocenters. The minimum absolute atomic E-state index is 0.256. The van der Waals surface area contributed by atoms with Gasteiger partial charge in [-0.05, 0) is 49.4 Å². The molecule has 0 aliphatic carbocycles. The summed E-state index contributed by atoms with van der Waals surface area (Å²) in [6.45, 7) is 1.86. The third-order valence-electron chi connectivity index (χ3n) is 5.01. The molecule has 27 heavy (non-hydrogen) atoms. The van der Waals surface area contributed by atoms with E-state index in [1.165, 1.54) is 12.5 Å². The minimum Gasteiger partial charge on any atom is -0.328 e. The molecule has 5 heteroatoms. The van der Waals surface area contributed by atoms with Crippen LogP contribution < -0.4 is 0 Å². The van der Waals surface area contributed by atoms with E-state index >= 15 is 0 Å².